The third kappa shape index (κ3) is 6.77. The number of hydrogen-bond donors (Lipinski definition) is 3. The van der Waals surface area contributed by atoms with Crippen molar-refractivity contribution in [3.8, 4) is 23.7 Å². The van der Waals surface area contributed by atoms with Crippen molar-refractivity contribution in [3.63, 3.8) is 0 Å². The van der Waals surface area contributed by atoms with E-state index in [0.29, 0.717) is 42.0 Å². The van der Waals surface area contributed by atoms with Crippen LogP contribution >= 0.6 is 0 Å². The van der Waals surface area contributed by atoms with E-state index in [9.17, 15) is 14.7 Å². The highest BCUT2D eigenvalue weighted by Gasteiger charge is 2.38. The first-order valence-electron chi connectivity index (χ1n) is 14.2. The summed E-state index contributed by atoms with van der Waals surface area (Å²) in [5.74, 6) is 14.4. The van der Waals surface area contributed by atoms with E-state index >= 15 is 0 Å². The number of likely N-dealkylation sites (tertiary alicyclic amines) is 2. The highest BCUT2D eigenvalue weighted by atomic mass is 16.6. The van der Waals surface area contributed by atoms with Crippen LogP contribution in [0.4, 0.5) is 9.59 Å². The maximum atomic E-state index is 12.8. The zero-order chi connectivity index (χ0) is 30.0. The van der Waals surface area contributed by atoms with Gasteiger partial charge in [-0.25, -0.2) is 19.6 Å². The van der Waals surface area contributed by atoms with Gasteiger partial charge in [-0.1, -0.05) is 25.7 Å². The monoisotopic (exact) mass is 568 g/mol. The SMILES string of the molecule is C[C@H]1C[C@@H](c2ncc(C#Cc3ccc(C#Cc4cnc([C@@H]5C[C@H](C)CN5C(=O)OC(C)(C)C)[nH]4)cc3)[nH]2)N(C(=O)O)C1. The van der Waals surface area contributed by atoms with Crippen molar-refractivity contribution in [1.29, 1.82) is 0 Å². The van der Waals surface area contributed by atoms with E-state index in [1.807, 2.05) is 52.0 Å². The van der Waals surface area contributed by atoms with Crippen LogP contribution in [0.5, 0.6) is 0 Å². The number of hydrogen-bond acceptors (Lipinski definition) is 5. The summed E-state index contributed by atoms with van der Waals surface area (Å²) in [5.41, 5.74) is 2.40. The van der Waals surface area contributed by atoms with Gasteiger partial charge in [0.2, 0.25) is 0 Å². The quantitative estimate of drug-likeness (QED) is 0.360. The fourth-order valence-corrected chi connectivity index (χ4v) is 5.40. The molecule has 2 fully saturated rings. The summed E-state index contributed by atoms with van der Waals surface area (Å²) < 4.78 is 5.60. The van der Waals surface area contributed by atoms with E-state index in [2.05, 4.69) is 50.5 Å². The molecule has 2 saturated heterocycles. The standard InChI is InChI=1S/C32H36N6O4/c1-20-14-26(37(18-20)30(39)40)28-33-16-24(35-28)12-10-22-6-8-23(9-7-22)11-13-25-17-34-29(36-25)27-15-21(2)19-38(27)31(41)42-32(3,4)5/h6-9,16-17,20-21,26-27H,14-15,18-19H2,1-5H3,(H,33,35)(H,34,36)(H,39,40)/t20-,21-,26-,27-/m0/s1. The number of H-pyrrole nitrogens is 2. The van der Waals surface area contributed by atoms with Gasteiger partial charge in [-0.3, -0.25) is 9.80 Å². The Labute approximate surface area is 245 Å². The van der Waals surface area contributed by atoms with Crippen LogP contribution in [0.3, 0.4) is 0 Å². The zero-order valence-electron chi connectivity index (χ0n) is 24.6. The zero-order valence-corrected chi connectivity index (χ0v) is 24.6. The summed E-state index contributed by atoms with van der Waals surface area (Å²) >= 11 is 0. The van der Waals surface area contributed by atoms with Crippen molar-refractivity contribution in [2.24, 2.45) is 11.8 Å². The molecule has 218 valence electrons. The highest BCUT2D eigenvalue weighted by Crippen LogP contribution is 2.35. The highest BCUT2D eigenvalue weighted by molar-refractivity contribution is 5.69. The smallest absolute Gasteiger partial charge is 0.410 e. The maximum Gasteiger partial charge on any atom is 0.410 e. The van der Waals surface area contributed by atoms with Gasteiger partial charge in [0.05, 0.1) is 24.5 Å². The number of imidazole rings is 2. The number of nitrogens with one attached hydrogen (secondary N) is 2. The number of carboxylic acid groups (broad SMARTS) is 1. The van der Waals surface area contributed by atoms with E-state index < -0.39 is 11.7 Å². The molecule has 0 radical (unpaired) electrons. The molecule has 0 unspecified atom stereocenters. The molecule has 4 atom stereocenters. The molecular formula is C32H36N6O4. The van der Waals surface area contributed by atoms with Crippen LogP contribution in [0, 0.1) is 35.5 Å². The fraction of sp³-hybridized carbons (Fsp3) is 0.438. The predicted molar refractivity (Wildman–Crippen MR) is 156 cm³/mol. The van der Waals surface area contributed by atoms with Gasteiger partial charge in [0.1, 0.15) is 28.6 Å². The first kappa shape index (κ1) is 28.8. The number of rotatable bonds is 2. The fourth-order valence-electron chi connectivity index (χ4n) is 5.40. The minimum atomic E-state index is -0.933. The van der Waals surface area contributed by atoms with Gasteiger partial charge in [-0.2, -0.15) is 0 Å². The average molecular weight is 569 g/mol. The summed E-state index contributed by atoms with van der Waals surface area (Å²) in [6.45, 7) is 10.9. The molecule has 2 aliphatic rings. The Kier molecular flexibility index (Phi) is 8.00. The number of benzene rings is 1. The lowest BCUT2D eigenvalue weighted by atomic mass is 10.1. The Morgan fingerprint density at radius 2 is 1.29 bits per heavy atom. The van der Waals surface area contributed by atoms with Gasteiger partial charge in [-0.05, 0) is 81.6 Å². The van der Waals surface area contributed by atoms with Crippen LogP contribution in [-0.2, 0) is 4.74 Å². The van der Waals surface area contributed by atoms with Gasteiger partial charge in [0.15, 0.2) is 0 Å². The lowest BCUT2D eigenvalue weighted by Gasteiger charge is -2.27. The van der Waals surface area contributed by atoms with E-state index in [1.165, 1.54) is 4.90 Å². The second-order valence-corrected chi connectivity index (χ2v) is 12.2. The van der Waals surface area contributed by atoms with E-state index in [0.717, 1.165) is 24.0 Å². The molecule has 3 N–H and O–H groups in total. The van der Waals surface area contributed by atoms with E-state index in [1.54, 1.807) is 17.3 Å². The maximum absolute atomic E-state index is 12.8. The number of amides is 2. The Bertz CT molecular complexity index is 1580. The number of aromatic nitrogens is 4. The molecule has 0 spiro atoms. The second kappa shape index (κ2) is 11.7. The average Bonchev–Trinajstić information content (AvgIpc) is 3.72. The summed E-state index contributed by atoms with van der Waals surface area (Å²) in [4.78, 5) is 42.9. The van der Waals surface area contributed by atoms with Crippen molar-refractivity contribution in [3.05, 3.63) is 70.8 Å². The first-order chi connectivity index (χ1) is 19.9. The van der Waals surface area contributed by atoms with Crippen LogP contribution in [0.15, 0.2) is 36.7 Å². The molecule has 1 aromatic carbocycles. The molecule has 10 nitrogen and oxygen atoms in total. The molecule has 10 heteroatoms. The molecule has 2 aromatic heterocycles. The van der Waals surface area contributed by atoms with Crippen LogP contribution in [0.1, 0.15) is 93.7 Å². The largest absolute Gasteiger partial charge is 0.465 e. The Morgan fingerprint density at radius 1 is 0.833 bits per heavy atom. The molecule has 2 aliphatic heterocycles. The van der Waals surface area contributed by atoms with Crippen LogP contribution < -0.4 is 0 Å². The molecule has 0 aliphatic carbocycles. The third-order valence-corrected chi connectivity index (χ3v) is 7.28. The molecule has 4 heterocycles. The lowest BCUT2D eigenvalue weighted by molar-refractivity contribution is 0.0214. The Morgan fingerprint density at radius 3 is 1.74 bits per heavy atom. The summed E-state index contributed by atoms with van der Waals surface area (Å²) in [6, 6.07) is 7.15. The molecule has 2 amide bonds. The number of aromatic amines is 2. The number of carbonyl (C=O) groups is 2. The van der Waals surface area contributed by atoms with Crippen molar-refractivity contribution in [2.75, 3.05) is 13.1 Å². The van der Waals surface area contributed by atoms with Crippen molar-refractivity contribution in [1.82, 2.24) is 29.7 Å². The van der Waals surface area contributed by atoms with Gasteiger partial charge in [-0.15, -0.1) is 0 Å². The van der Waals surface area contributed by atoms with Gasteiger partial charge < -0.3 is 19.8 Å². The van der Waals surface area contributed by atoms with Crippen molar-refractivity contribution >= 4 is 12.2 Å². The third-order valence-electron chi connectivity index (χ3n) is 7.28. The van der Waals surface area contributed by atoms with Crippen molar-refractivity contribution in [2.45, 2.75) is 65.1 Å². The van der Waals surface area contributed by atoms with Gasteiger partial charge >= 0.3 is 12.2 Å². The van der Waals surface area contributed by atoms with Crippen LogP contribution in [-0.4, -0.2) is 65.7 Å². The first-order valence-corrected chi connectivity index (χ1v) is 14.2. The second-order valence-electron chi connectivity index (χ2n) is 12.2. The Hall–Kier alpha value is -4.70. The molecule has 3 aromatic rings. The van der Waals surface area contributed by atoms with Crippen molar-refractivity contribution < 1.29 is 19.4 Å². The van der Waals surface area contributed by atoms with Gasteiger partial charge in [0.25, 0.3) is 0 Å². The number of ether oxygens (including phenoxy) is 1. The van der Waals surface area contributed by atoms with E-state index in [4.69, 9.17) is 4.74 Å². The molecule has 0 bridgehead atoms. The summed E-state index contributed by atoms with van der Waals surface area (Å²) in [6.07, 6.45) is 3.62. The molecule has 5 rings (SSSR count). The lowest BCUT2D eigenvalue weighted by Crippen LogP contribution is -2.37. The topological polar surface area (TPSA) is 127 Å². The minimum Gasteiger partial charge on any atom is -0.465 e. The normalized spacial score (nSPS) is 21.8. The summed E-state index contributed by atoms with van der Waals surface area (Å²) in [5, 5.41) is 9.48. The van der Waals surface area contributed by atoms with Crippen LogP contribution in [0.2, 0.25) is 0 Å². The molecule has 0 saturated carbocycles. The van der Waals surface area contributed by atoms with Crippen LogP contribution in [0.25, 0.3) is 0 Å². The molecule has 42 heavy (non-hydrogen) atoms. The van der Waals surface area contributed by atoms with E-state index in [-0.39, 0.29) is 24.1 Å². The van der Waals surface area contributed by atoms with Gasteiger partial charge in [0, 0.05) is 24.2 Å². The number of nitrogens with zero attached hydrogens (tertiary/aromatic N) is 4. The molecular weight excluding hydrogens is 532 g/mol. The minimum absolute atomic E-state index is 0.174. The predicted octanol–water partition coefficient (Wildman–Crippen LogP) is 5.31. The summed E-state index contributed by atoms with van der Waals surface area (Å²) in [7, 11) is 0. The number of carbonyl (C=O) groups excluding carboxylic acids is 1. The Balaban J connectivity index is 1.22.